The van der Waals surface area contributed by atoms with Crippen LogP contribution in [-0.4, -0.2) is 47.2 Å². The van der Waals surface area contributed by atoms with Crippen LogP contribution in [0.1, 0.15) is 25.7 Å². The highest BCUT2D eigenvalue weighted by atomic mass is 16.4. The number of carboxylic acids is 1. The second-order valence-electron chi connectivity index (χ2n) is 4.73. The number of carboxylic acid groups (broad SMARTS) is 1. The molecular formula is C11H15N3O4. The van der Waals surface area contributed by atoms with Crippen molar-refractivity contribution in [1.82, 2.24) is 10.3 Å². The predicted octanol–water partition coefficient (Wildman–Crippen LogP) is -0.424. The maximum Gasteiger partial charge on any atom is 0.311 e. The summed E-state index contributed by atoms with van der Waals surface area (Å²) in [6.45, 7) is 0.123. The van der Waals surface area contributed by atoms with Crippen LogP contribution in [0.5, 0.6) is 0 Å². The third-order valence-corrected chi connectivity index (χ3v) is 3.36. The zero-order valence-electron chi connectivity index (χ0n) is 10.1. The van der Waals surface area contributed by atoms with Crippen LogP contribution in [0.15, 0.2) is 5.10 Å². The van der Waals surface area contributed by atoms with E-state index in [1.807, 2.05) is 0 Å². The molecule has 0 radical (unpaired) electrons. The topological polar surface area (TPSA) is 99.1 Å². The van der Waals surface area contributed by atoms with Crippen molar-refractivity contribution >= 4 is 23.5 Å². The third kappa shape index (κ3) is 2.34. The third-order valence-electron chi connectivity index (χ3n) is 3.36. The Balaban J connectivity index is 1.91. The minimum Gasteiger partial charge on any atom is -0.481 e. The average Bonchev–Trinajstić information content (AvgIpc) is 3.11. The van der Waals surface area contributed by atoms with Crippen LogP contribution in [0.25, 0.3) is 0 Å². The first-order valence-electron chi connectivity index (χ1n) is 5.80. The molecule has 0 bridgehead atoms. The predicted molar refractivity (Wildman–Crippen MR) is 61.8 cm³/mol. The Morgan fingerprint density at radius 3 is 2.61 bits per heavy atom. The number of hydrogen-bond acceptors (Lipinski definition) is 4. The molecule has 1 aliphatic carbocycles. The summed E-state index contributed by atoms with van der Waals surface area (Å²) in [6.07, 6.45) is 1.74. The van der Waals surface area contributed by atoms with E-state index in [9.17, 15) is 14.4 Å². The van der Waals surface area contributed by atoms with Crippen LogP contribution in [-0.2, 0) is 14.4 Å². The number of carbonyl (C=O) groups excluding carboxylic acids is 2. The number of nitrogens with one attached hydrogen (secondary N) is 1. The van der Waals surface area contributed by atoms with Gasteiger partial charge in [-0.25, -0.2) is 5.01 Å². The molecule has 0 aromatic carbocycles. The second-order valence-corrected chi connectivity index (χ2v) is 4.73. The van der Waals surface area contributed by atoms with Crippen LogP contribution in [0.4, 0.5) is 0 Å². The summed E-state index contributed by atoms with van der Waals surface area (Å²) in [7, 11) is 1.49. The van der Waals surface area contributed by atoms with Gasteiger partial charge in [-0.3, -0.25) is 14.4 Å². The number of nitrogens with zero attached hydrogens (tertiary/aromatic N) is 2. The largest absolute Gasteiger partial charge is 0.481 e. The molecule has 0 unspecified atom stereocenters. The van der Waals surface area contributed by atoms with Gasteiger partial charge in [0.25, 0.3) is 5.91 Å². The van der Waals surface area contributed by atoms with Crippen molar-refractivity contribution in [1.29, 1.82) is 0 Å². The number of hydrogen-bond donors (Lipinski definition) is 2. The normalized spacial score (nSPS) is 21.3. The molecule has 1 aliphatic heterocycles. The lowest BCUT2D eigenvalue weighted by Crippen LogP contribution is -2.41. The molecular weight excluding hydrogens is 238 g/mol. The standard InChI is InChI=1S/C11H15N3O4/c1-14-8(15)3-2-7(13-14)9(16)12-6-11(4-5-11)10(17)18/h2-6H2,1H3,(H,12,16)(H,17,18). The molecule has 0 spiro atoms. The number of aliphatic carboxylic acids is 1. The van der Waals surface area contributed by atoms with Crippen molar-refractivity contribution in [3.05, 3.63) is 0 Å². The summed E-state index contributed by atoms with van der Waals surface area (Å²) in [5.41, 5.74) is -0.509. The Kier molecular flexibility index (Phi) is 3.06. The van der Waals surface area contributed by atoms with Crippen molar-refractivity contribution in [2.24, 2.45) is 10.5 Å². The first-order chi connectivity index (χ1) is 8.44. The fourth-order valence-corrected chi connectivity index (χ4v) is 1.80. The van der Waals surface area contributed by atoms with E-state index >= 15 is 0 Å². The molecule has 7 heteroatoms. The van der Waals surface area contributed by atoms with Gasteiger partial charge in [-0.1, -0.05) is 0 Å². The lowest BCUT2D eigenvalue weighted by atomic mass is 10.1. The van der Waals surface area contributed by atoms with Crippen molar-refractivity contribution in [3.63, 3.8) is 0 Å². The molecule has 0 saturated heterocycles. The summed E-state index contributed by atoms with van der Waals surface area (Å²) in [5.74, 6) is -1.39. The summed E-state index contributed by atoms with van der Waals surface area (Å²) in [5, 5.41) is 16.6. The number of hydrazone groups is 1. The minimum absolute atomic E-state index is 0.123. The first-order valence-corrected chi connectivity index (χ1v) is 5.80. The van der Waals surface area contributed by atoms with Crippen LogP contribution in [0.3, 0.4) is 0 Å². The van der Waals surface area contributed by atoms with Crippen molar-refractivity contribution in [2.75, 3.05) is 13.6 Å². The maximum absolute atomic E-state index is 11.8. The molecule has 1 heterocycles. The van der Waals surface area contributed by atoms with E-state index in [-0.39, 0.29) is 30.5 Å². The molecule has 0 aromatic rings. The molecule has 98 valence electrons. The summed E-state index contributed by atoms with van der Waals surface area (Å²) in [6, 6.07) is 0. The van der Waals surface area contributed by atoms with E-state index in [4.69, 9.17) is 5.11 Å². The zero-order valence-corrected chi connectivity index (χ0v) is 10.1. The van der Waals surface area contributed by atoms with Gasteiger partial charge in [0.1, 0.15) is 5.71 Å². The Morgan fingerprint density at radius 1 is 1.44 bits per heavy atom. The Hall–Kier alpha value is -1.92. The Labute approximate surface area is 104 Å². The highest BCUT2D eigenvalue weighted by Crippen LogP contribution is 2.45. The molecule has 7 nitrogen and oxygen atoms in total. The van der Waals surface area contributed by atoms with Gasteiger partial charge < -0.3 is 10.4 Å². The summed E-state index contributed by atoms with van der Waals surface area (Å²) < 4.78 is 0. The van der Waals surface area contributed by atoms with Gasteiger partial charge in [0, 0.05) is 26.4 Å². The zero-order chi connectivity index (χ0) is 13.3. The smallest absolute Gasteiger partial charge is 0.311 e. The number of carbonyl (C=O) groups is 3. The van der Waals surface area contributed by atoms with Gasteiger partial charge in [0.2, 0.25) is 5.91 Å². The minimum atomic E-state index is -0.874. The van der Waals surface area contributed by atoms with E-state index in [1.165, 1.54) is 7.05 Å². The lowest BCUT2D eigenvalue weighted by Gasteiger charge is -2.19. The molecule has 18 heavy (non-hydrogen) atoms. The van der Waals surface area contributed by atoms with Gasteiger partial charge in [-0.05, 0) is 12.8 Å². The van der Waals surface area contributed by atoms with Gasteiger partial charge in [-0.2, -0.15) is 5.10 Å². The van der Waals surface area contributed by atoms with E-state index in [0.29, 0.717) is 19.3 Å². The fourth-order valence-electron chi connectivity index (χ4n) is 1.80. The van der Waals surface area contributed by atoms with Crippen LogP contribution < -0.4 is 5.32 Å². The molecule has 0 aromatic heterocycles. The van der Waals surface area contributed by atoms with Gasteiger partial charge in [0.05, 0.1) is 5.41 Å². The van der Waals surface area contributed by atoms with Gasteiger partial charge >= 0.3 is 5.97 Å². The van der Waals surface area contributed by atoms with E-state index in [2.05, 4.69) is 10.4 Å². The SMILES string of the molecule is CN1N=C(C(=O)NCC2(C(=O)O)CC2)CCC1=O. The second kappa shape index (κ2) is 4.40. The summed E-state index contributed by atoms with van der Waals surface area (Å²) in [4.78, 5) is 33.9. The molecule has 2 rings (SSSR count). The summed E-state index contributed by atoms with van der Waals surface area (Å²) >= 11 is 0. The molecule has 1 saturated carbocycles. The van der Waals surface area contributed by atoms with Gasteiger partial charge in [-0.15, -0.1) is 0 Å². The first kappa shape index (κ1) is 12.5. The maximum atomic E-state index is 11.8. The van der Waals surface area contributed by atoms with Crippen LogP contribution >= 0.6 is 0 Å². The highest BCUT2D eigenvalue weighted by molar-refractivity contribution is 6.39. The van der Waals surface area contributed by atoms with Crippen molar-refractivity contribution in [3.8, 4) is 0 Å². The molecule has 1 fully saturated rings. The molecule has 0 atom stereocenters. The molecule has 2 aliphatic rings. The van der Waals surface area contributed by atoms with E-state index in [0.717, 1.165) is 5.01 Å². The number of rotatable bonds is 4. The van der Waals surface area contributed by atoms with Gasteiger partial charge in [0.15, 0.2) is 0 Å². The Bertz CT molecular complexity index is 440. The van der Waals surface area contributed by atoms with E-state index in [1.54, 1.807) is 0 Å². The molecule has 2 N–H and O–H groups in total. The lowest BCUT2D eigenvalue weighted by molar-refractivity contribution is -0.143. The number of amides is 2. The van der Waals surface area contributed by atoms with Crippen molar-refractivity contribution in [2.45, 2.75) is 25.7 Å². The molecule has 2 amide bonds. The average molecular weight is 253 g/mol. The van der Waals surface area contributed by atoms with Crippen LogP contribution in [0.2, 0.25) is 0 Å². The monoisotopic (exact) mass is 253 g/mol. The fraction of sp³-hybridized carbons (Fsp3) is 0.636. The van der Waals surface area contributed by atoms with E-state index < -0.39 is 11.4 Å². The highest BCUT2D eigenvalue weighted by Gasteiger charge is 2.50. The van der Waals surface area contributed by atoms with Crippen LogP contribution in [0, 0.1) is 5.41 Å². The Morgan fingerprint density at radius 2 is 2.11 bits per heavy atom. The quantitative estimate of drug-likeness (QED) is 0.710. The van der Waals surface area contributed by atoms with Crippen molar-refractivity contribution < 1.29 is 19.5 Å².